The van der Waals surface area contributed by atoms with Crippen LogP contribution in [0.1, 0.15) is 0 Å². The van der Waals surface area contributed by atoms with Crippen LogP contribution in [0.25, 0.3) is 0 Å². The maximum atomic E-state index is 11.8. The molecule has 2 amide bonds. The van der Waals surface area contributed by atoms with Crippen LogP contribution in [-0.2, 0) is 0 Å². The number of carbonyl (C=O) groups is 1. The summed E-state index contributed by atoms with van der Waals surface area (Å²) in [4.78, 5) is 21.9. The molecular formula is C13H9Cl2N3O3. The highest BCUT2D eigenvalue weighted by atomic mass is 35.5. The third-order valence-corrected chi connectivity index (χ3v) is 3.18. The first-order chi connectivity index (χ1) is 9.97. The lowest BCUT2D eigenvalue weighted by molar-refractivity contribution is -0.384. The first-order valence-corrected chi connectivity index (χ1v) is 6.49. The van der Waals surface area contributed by atoms with Crippen LogP contribution >= 0.6 is 23.2 Å². The van der Waals surface area contributed by atoms with E-state index in [1.54, 1.807) is 24.3 Å². The summed E-state index contributed by atoms with van der Waals surface area (Å²) in [6, 6.07) is 9.93. The second kappa shape index (κ2) is 6.43. The van der Waals surface area contributed by atoms with Crippen molar-refractivity contribution >= 4 is 46.3 Å². The van der Waals surface area contributed by atoms with Gasteiger partial charge in [0.2, 0.25) is 0 Å². The molecule has 108 valence electrons. The molecule has 0 atom stereocenters. The molecule has 0 saturated heterocycles. The van der Waals surface area contributed by atoms with E-state index in [1.807, 2.05) is 0 Å². The molecule has 21 heavy (non-hydrogen) atoms. The van der Waals surface area contributed by atoms with Gasteiger partial charge >= 0.3 is 6.03 Å². The lowest BCUT2D eigenvalue weighted by Gasteiger charge is -2.09. The predicted molar refractivity (Wildman–Crippen MR) is 82.2 cm³/mol. The minimum Gasteiger partial charge on any atom is -0.306 e. The van der Waals surface area contributed by atoms with Crippen LogP contribution in [0.4, 0.5) is 21.9 Å². The molecule has 0 aliphatic rings. The maximum absolute atomic E-state index is 11.8. The van der Waals surface area contributed by atoms with Gasteiger partial charge in [0, 0.05) is 12.1 Å². The molecule has 2 aromatic rings. The van der Waals surface area contributed by atoms with E-state index in [9.17, 15) is 14.9 Å². The molecule has 0 aliphatic heterocycles. The Hall–Kier alpha value is -2.31. The fourth-order valence-corrected chi connectivity index (χ4v) is 1.96. The van der Waals surface area contributed by atoms with E-state index >= 15 is 0 Å². The molecule has 6 nitrogen and oxygen atoms in total. The molecule has 2 rings (SSSR count). The van der Waals surface area contributed by atoms with Crippen LogP contribution in [-0.4, -0.2) is 11.0 Å². The van der Waals surface area contributed by atoms with Crippen molar-refractivity contribution in [3.63, 3.8) is 0 Å². The number of benzene rings is 2. The van der Waals surface area contributed by atoms with Gasteiger partial charge in [-0.25, -0.2) is 4.79 Å². The minimum atomic E-state index is -0.570. The third kappa shape index (κ3) is 3.84. The van der Waals surface area contributed by atoms with E-state index in [0.717, 1.165) is 6.07 Å². The van der Waals surface area contributed by atoms with Crippen LogP contribution < -0.4 is 10.6 Å². The number of nitro benzene ring substituents is 1. The molecular weight excluding hydrogens is 317 g/mol. The van der Waals surface area contributed by atoms with Gasteiger partial charge in [0.1, 0.15) is 0 Å². The van der Waals surface area contributed by atoms with Crippen LogP contribution in [0.15, 0.2) is 42.5 Å². The fraction of sp³-hybridized carbons (Fsp3) is 0. The van der Waals surface area contributed by atoms with Crippen LogP contribution in [0.5, 0.6) is 0 Å². The van der Waals surface area contributed by atoms with Gasteiger partial charge in [-0.2, -0.15) is 0 Å². The number of non-ortho nitro benzene ring substituents is 1. The van der Waals surface area contributed by atoms with Gasteiger partial charge in [0.05, 0.1) is 26.3 Å². The maximum Gasteiger partial charge on any atom is 0.323 e. The standard InChI is InChI=1S/C13H9Cl2N3O3/c14-9-3-1-2-4-11(9)16-13(19)17-12-6-5-8(18(20)21)7-10(12)15/h1-7H,(H2,16,17,19). The molecule has 2 N–H and O–H groups in total. The zero-order chi connectivity index (χ0) is 15.4. The Balaban J connectivity index is 2.10. The van der Waals surface area contributed by atoms with Gasteiger partial charge in [-0.3, -0.25) is 10.1 Å². The Morgan fingerprint density at radius 2 is 1.62 bits per heavy atom. The highest BCUT2D eigenvalue weighted by Gasteiger charge is 2.12. The van der Waals surface area contributed by atoms with Crippen LogP contribution in [0.2, 0.25) is 10.0 Å². The first-order valence-electron chi connectivity index (χ1n) is 5.74. The molecule has 0 aliphatic carbocycles. The van der Waals surface area contributed by atoms with Gasteiger partial charge in [-0.15, -0.1) is 0 Å². The molecule has 0 saturated carbocycles. The van der Waals surface area contributed by atoms with E-state index in [4.69, 9.17) is 23.2 Å². The van der Waals surface area contributed by atoms with Crippen LogP contribution in [0.3, 0.4) is 0 Å². The van der Waals surface area contributed by atoms with Crippen molar-refractivity contribution in [1.82, 2.24) is 0 Å². The number of nitrogens with zero attached hydrogens (tertiary/aromatic N) is 1. The van der Waals surface area contributed by atoms with Crippen LogP contribution in [0, 0.1) is 10.1 Å². The number of amides is 2. The summed E-state index contributed by atoms with van der Waals surface area (Å²) in [7, 11) is 0. The summed E-state index contributed by atoms with van der Waals surface area (Å²) in [5, 5.41) is 16.1. The Bertz CT molecular complexity index is 707. The quantitative estimate of drug-likeness (QED) is 0.641. The SMILES string of the molecule is O=C(Nc1ccccc1Cl)Nc1ccc([N+](=O)[O-])cc1Cl. The molecule has 0 fully saturated rings. The van der Waals surface area contributed by atoms with E-state index in [-0.39, 0.29) is 16.4 Å². The lowest BCUT2D eigenvalue weighted by atomic mass is 10.3. The van der Waals surface area contributed by atoms with Crippen molar-refractivity contribution in [3.8, 4) is 0 Å². The fourth-order valence-electron chi connectivity index (χ4n) is 1.56. The zero-order valence-electron chi connectivity index (χ0n) is 10.5. The Kier molecular flexibility index (Phi) is 4.62. The second-order valence-electron chi connectivity index (χ2n) is 3.98. The molecule has 0 radical (unpaired) electrons. The Labute approximate surface area is 129 Å². The largest absolute Gasteiger partial charge is 0.323 e. The summed E-state index contributed by atoms with van der Waals surface area (Å²) in [6.45, 7) is 0. The second-order valence-corrected chi connectivity index (χ2v) is 4.79. The van der Waals surface area contributed by atoms with Crippen molar-refractivity contribution in [3.05, 3.63) is 62.6 Å². The highest BCUT2D eigenvalue weighted by Crippen LogP contribution is 2.27. The highest BCUT2D eigenvalue weighted by molar-refractivity contribution is 6.34. The van der Waals surface area contributed by atoms with Gasteiger partial charge in [0.15, 0.2) is 0 Å². The average Bonchev–Trinajstić information content (AvgIpc) is 2.43. The third-order valence-electron chi connectivity index (χ3n) is 2.53. The van der Waals surface area contributed by atoms with Crippen molar-refractivity contribution in [2.75, 3.05) is 10.6 Å². The number of carbonyl (C=O) groups excluding carboxylic acids is 1. The molecule has 0 bridgehead atoms. The summed E-state index contributed by atoms with van der Waals surface area (Å²) in [6.07, 6.45) is 0. The van der Waals surface area contributed by atoms with E-state index in [2.05, 4.69) is 10.6 Å². The molecule has 0 aromatic heterocycles. The normalized spacial score (nSPS) is 10.0. The number of hydrogen-bond acceptors (Lipinski definition) is 3. The first kappa shape index (κ1) is 15.1. The molecule has 0 spiro atoms. The molecule has 2 aromatic carbocycles. The number of nitrogens with one attached hydrogen (secondary N) is 2. The molecule has 0 unspecified atom stereocenters. The van der Waals surface area contributed by atoms with Gasteiger partial charge in [-0.05, 0) is 18.2 Å². The predicted octanol–water partition coefficient (Wildman–Crippen LogP) is 4.55. The summed E-state index contributed by atoms with van der Waals surface area (Å²) >= 11 is 11.8. The van der Waals surface area contributed by atoms with E-state index in [1.165, 1.54) is 12.1 Å². The molecule has 8 heteroatoms. The zero-order valence-corrected chi connectivity index (χ0v) is 12.0. The summed E-state index contributed by atoms with van der Waals surface area (Å²) in [5.41, 5.74) is 0.540. The minimum absolute atomic E-state index is 0.0681. The van der Waals surface area contributed by atoms with Crippen molar-refractivity contribution in [2.45, 2.75) is 0 Å². The average molecular weight is 326 g/mol. The number of halogens is 2. The Morgan fingerprint density at radius 3 is 2.19 bits per heavy atom. The number of anilines is 2. The number of para-hydroxylation sites is 1. The number of rotatable bonds is 3. The van der Waals surface area contributed by atoms with E-state index < -0.39 is 11.0 Å². The van der Waals surface area contributed by atoms with E-state index in [0.29, 0.717) is 10.7 Å². The summed E-state index contributed by atoms with van der Waals surface area (Å²) in [5.74, 6) is 0. The number of hydrogen-bond donors (Lipinski definition) is 2. The van der Waals surface area contributed by atoms with Gasteiger partial charge in [0.25, 0.3) is 5.69 Å². The topological polar surface area (TPSA) is 84.3 Å². The monoisotopic (exact) mass is 325 g/mol. The summed E-state index contributed by atoms with van der Waals surface area (Å²) < 4.78 is 0. The Morgan fingerprint density at radius 1 is 1.00 bits per heavy atom. The van der Waals surface area contributed by atoms with Crippen molar-refractivity contribution in [2.24, 2.45) is 0 Å². The van der Waals surface area contributed by atoms with Gasteiger partial charge < -0.3 is 10.6 Å². The smallest absolute Gasteiger partial charge is 0.306 e. The van der Waals surface area contributed by atoms with Gasteiger partial charge in [-0.1, -0.05) is 35.3 Å². The lowest BCUT2D eigenvalue weighted by Crippen LogP contribution is -2.19. The number of urea groups is 1. The van der Waals surface area contributed by atoms with Crippen molar-refractivity contribution in [1.29, 1.82) is 0 Å². The number of nitro groups is 1. The van der Waals surface area contributed by atoms with Crippen molar-refractivity contribution < 1.29 is 9.72 Å². The molecule has 0 heterocycles.